The minimum absolute atomic E-state index is 0.246. The minimum atomic E-state index is -0.246. The summed E-state index contributed by atoms with van der Waals surface area (Å²) in [5, 5.41) is 10.8. The maximum Gasteiger partial charge on any atom is 0.159 e. The fourth-order valence-corrected chi connectivity index (χ4v) is 9.57. The minimum Gasteiger partial charge on any atom is -0.456 e. The first kappa shape index (κ1) is 32.0. The van der Waals surface area contributed by atoms with Crippen molar-refractivity contribution in [3.8, 4) is 16.8 Å². The van der Waals surface area contributed by atoms with Crippen molar-refractivity contribution >= 4 is 86.9 Å². The highest BCUT2D eigenvalue weighted by molar-refractivity contribution is 7.25. The zero-order valence-electron chi connectivity index (χ0n) is 30.6. The van der Waals surface area contributed by atoms with Crippen LogP contribution in [0.4, 0.5) is 0 Å². The molecule has 1 N–H and O–H groups in total. The van der Waals surface area contributed by atoms with Crippen molar-refractivity contribution in [2.75, 3.05) is 0 Å². The van der Waals surface area contributed by atoms with Crippen LogP contribution in [0.25, 0.3) is 80.7 Å². The van der Waals surface area contributed by atoms with Gasteiger partial charge in [-0.3, -0.25) is 0 Å². The molecule has 6 heteroatoms. The Labute approximate surface area is 331 Å². The lowest BCUT2D eigenvalue weighted by Gasteiger charge is -2.23. The number of hydrogen-bond donors (Lipinski definition) is 1. The number of fused-ring (bicyclic) bond motifs is 9. The predicted octanol–water partition coefficient (Wildman–Crippen LogP) is 13.2. The van der Waals surface area contributed by atoms with E-state index in [2.05, 4.69) is 168 Å². The number of aliphatic imine (C=N–C) groups is 2. The largest absolute Gasteiger partial charge is 0.456 e. The Morgan fingerprint density at radius 1 is 0.474 bits per heavy atom. The van der Waals surface area contributed by atoms with Gasteiger partial charge in [0.25, 0.3) is 0 Å². The predicted molar refractivity (Wildman–Crippen MR) is 238 cm³/mol. The fourth-order valence-electron chi connectivity index (χ4n) is 8.51. The molecular formula is C51H32N4OS. The summed E-state index contributed by atoms with van der Waals surface area (Å²) in [5.74, 6) is 1.54. The van der Waals surface area contributed by atoms with Crippen LogP contribution in [-0.2, 0) is 0 Å². The number of amidine groups is 2. The molecule has 0 bridgehead atoms. The van der Waals surface area contributed by atoms with Crippen molar-refractivity contribution in [1.29, 1.82) is 0 Å². The van der Waals surface area contributed by atoms with Gasteiger partial charge >= 0.3 is 0 Å². The molecular weight excluding hydrogens is 717 g/mol. The van der Waals surface area contributed by atoms with Crippen LogP contribution in [0.2, 0.25) is 0 Å². The van der Waals surface area contributed by atoms with Crippen LogP contribution in [-0.4, -0.2) is 16.2 Å². The fraction of sp³-hybridized carbons (Fsp3) is 0.0196. The van der Waals surface area contributed by atoms with E-state index in [0.29, 0.717) is 0 Å². The Morgan fingerprint density at radius 2 is 1.09 bits per heavy atom. The molecule has 12 rings (SSSR count). The average molecular weight is 749 g/mol. The van der Waals surface area contributed by atoms with Gasteiger partial charge in [-0.15, -0.1) is 11.3 Å². The average Bonchev–Trinajstić information content (AvgIpc) is 3.95. The first-order valence-electron chi connectivity index (χ1n) is 19.2. The topological polar surface area (TPSA) is 54.8 Å². The Hall–Kier alpha value is -7.28. The lowest BCUT2D eigenvalue weighted by atomic mass is 10.00. The summed E-state index contributed by atoms with van der Waals surface area (Å²) < 4.78 is 11.4. The number of thiophene rings is 1. The Morgan fingerprint density at radius 3 is 1.82 bits per heavy atom. The SMILES string of the molecule is c1ccc(C2=NC(c3ccccc3)NC(c3ccc4sc5ccc(-c6ccc7oc8cc(-n9c%10ccccc%10c%10ccccc%109)ccc8c7c6)cc5c4c3)=N2)cc1. The van der Waals surface area contributed by atoms with E-state index in [-0.39, 0.29) is 6.17 Å². The van der Waals surface area contributed by atoms with Crippen molar-refractivity contribution in [3.05, 3.63) is 199 Å². The molecule has 0 aliphatic carbocycles. The number of benzene rings is 8. The summed E-state index contributed by atoms with van der Waals surface area (Å²) in [6.45, 7) is 0. The van der Waals surface area contributed by atoms with Gasteiger partial charge in [0, 0.05) is 64.6 Å². The van der Waals surface area contributed by atoms with Gasteiger partial charge in [-0.2, -0.15) is 0 Å². The van der Waals surface area contributed by atoms with E-state index in [4.69, 9.17) is 14.4 Å². The highest BCUT2D eigenvalue weighted by Crippen LogP contribution is 2.40. The van der Waals surface area contributed by atoms with Crippen LogP contribution in [0.1, 0.15) is 22.9 Å². The monoisotopic (exact) mass is 748 g/mol. The van der Waals surface area contributed by atoms with Crippen LogP contribution in [0.15, 0.2) is 196 Å². The van der Waals surface area contributed by atoms with E-state index in [0.717, 1.165) is 61.6 Å². The highest BCUT2D eigenvalue weighted by atomic mass is 32.1. The van der Waals surface area contributed by atoms with Crippen molar-refractivity contribution in [3.63, 3.8) is 0 Å². The van der Waals surface area contributed by atoms with Gasteiger partial charge in [-0.1, -0.05) is 109 Å². The molecule has 1 aliphatic rings. The number of rotatable bonds is 5. The van der Waals surface area contributed by atoms with Crippen molar-refractivity contribution in [2.45, 2.75) is 6.17 Å². The molecule has 1 unspecified atom stereocenters. The molecule has 8 aromatic carbocycles. The quantitative estimate of drug-likeness (QED) is 0.191. The molecule has 0 amide bonds. The zero-order chi connectivity index (χ0) is 37.5. The normalized spacial score (nSPS) is 14.5. The molecule has 5 nitrogen and oxygen atoms in total. The standard InChI is InChI=1S/C51H32N4OS/c1-3-11-31(12-4-1)49-52-50(32-13-5-2-6-14-32)54-51(53-49)35-21-26-48-42(29-35)41-28-34(20-25-47(41)57-48)33-19-24-45-40(27-33)39-23-22-36(30-46(39)56-45)55-43-17-9-7-15-37(43)38-16-8-10-18-44(38)55/h1-30,49H,(H,52,53,54). The summed E-state index contributed by atoms with van der Waals surface area (Å²) in [7, 11) is 0. The van der Waals surface area contributed by atoms with E-state index in [1.54, 1.807) is 0 Å². The molecule has 57 heavy (non-hydrogen) atoms. The van der Waals surface area contributed by atoms with E-state index < -0.39 is 0 Å². The van der Waals surface area contributed by atoms with E-state index in [1.165, 1.54) is 47.5 Å². The second-order valence-electron chi connectivity index (χ2n) is 14.6. The molecule has 0 fully saturated rings. The molecule has 11 aromatic rings. The highest BCUT2D eigenvalue weighted by Gasteiger charge is 2.22. The summed E-state index contributed by atoms with van der Waals surface area (Å²) in [6.07, 6.45) is -0.246. The van der Waals surface area contributed by atoms with Crippen LogP contribution in [0.5, 0.6) is 0 Å². The zero-order valence-corrected chi connectivity index (χ0v) is 31.4. The molecule has 3 aromatic heterocycles. The van der Waals surface area contributed by atoms with Gasteiger partial charge < -0.3 is 14.3 Å². The first-order valence-corrected chi connectivity index (χ1v) is 20.0. The Kier molecular flexibility index (Phi) is 7.09. The van der Waals surface area contributed by atoms with Crippen molar-refractivity contribution < 1.29 is 4.42 Å². The number of furan rings is 1. The molecule has 0 saturated carbocycles. The smallest absolute Gasteiger partial charge is 0.159 e. The van der Waals surface area contributed by atoms with Crippen molar-refractivity contribution in [2.24, 2.45) is 9.98 Å². The van der Waals surface area contributed by atoms with Gasteiger partial charge in [0.15, 0.2) is 5.84 Å². The molecule has 0 saturated heterocycles. The molecule has 1 atom stereocenters. The van der Waals surface area contributed by atoms with E-state index in [9.17, 15) is 0 Å². The Bertz CT molecular complexity index is 3390. The van der Waals surface area contributed by atoms with Crippen LogP contribution < -0.4 is 5.32 Å². The lowest BCUT2D eigenvalue weighted by Crippen LogP contribution is -2.33. The van der Waals surface area contributed by atoms with Crippen LogP contribution in [0, 0.1) is 0 Å². The number of nitrogens with one attached hydrogen (secondary N) is 1. The van der Waals surface area contributed by atoms with Crippen LogP contribution in [0.3, 0.4) is 0 Å². The molecule has 1 aliphatic heterocycles. The molecule has 268 valence electrons. The summed E-state index contributed by atoms with van der Waals surface area (Å²) in [6, 6.07) is 64.5. The molecule has 0 radical (unpaired) electrons. The maximum atomic E-state index is 6.53. The summed E-state index contributed by atoms with van der Waals surface area (Å²) >= 11 is 1.82. The number of aromatic nitrogens is 1. The molecule has 4 heterocycles. The number of hydrogen-bond acceptors (Lipinski definition) is 5. The first-order chi connectivity index (χ1) is 28.2. The van der Waals surface area contributed by atoms with Gasteiger partial charge in [0.1, 0.15) is 23.2 Å². The second-order valence-corrected chi connectivity index (χ2v) is 15.7. The van der Waals surface area contributed by atoms with Crippen LogP contribution >= 0.6 is 11.3 Å². The van der Waals surface area contributed by atoms with Gasteiger partial charge in [0.2, 0.25) is 0 Å². The summed E-state index contributed by atoms with van der Waals surface area (Å²) in [4.78, 5) is 10.1. The Balaban J connectivity index is 0.932. The number of para-hydroxylation sites is 2. The van der Waals surface area contributed by atoms with E-state index >= 15 is 0 Å². The third-order valence-electron chi connectivity index (χ3n) is 11.3. The van der Waals surface area contributed by atoms with Gasteiger partial charge in [-0.05, 0) is 83.4 Å². The maximum absolute atomic E-state index is 6.53. The molecule has 0 spiro atoms. The van der Waals surface area contributed by atoms with Gasteiger partial charge in [-0.25, -0.2) is 9.98 Å². The summed E-state index contributed by atoms with van der Waals surface area (Å²) in [5.41, 5.74) is 10.7. The lowest BCUT2D eigenvalue weighted by molar-refractivity contribution is 0.668. The third kappa shape index (κ3) is 5.22. The van der Waals surface area contributed by atoms with Crippen molar-refractivity contribution in [1.82, 2.24) is 9.88 Å². The number of nitrogens with zero attached hydrogens (tertiary/aromatic N) is 3. The van der Waals surface area contributed by atoms with E-state index in [1.807, 2.05) is 35.6 Å². The van der Waals surface area contributed by atoms with Gasteiger partial charge in [0.05, 0.1) is 11.0 Å². The third-order valence-corrected chi connectivity index (χ3v) is 12.4. The second kappa shape index (κ2) is 12.6.